The fourth-order valence-corrected chi connectivity index (χ4v) is 3.04. The highest BCUT2D eigenvalue weighted by Crippen LogP contribution is 2.34. The number of aliphatic carboxylic acids is 1. The first-order chi connectivity index (χ1) is 11.0. The molecule has 118 valence electrons. The van der Waals surface area contributed by atoms with E-state index in [1.54, 1.807) is 0 Å². The Morgan fingerprint density at radius 2 is 1.91 bits per heavy atom. The molecule has 0 saturated carbocycles. The predicted molar refractivity (Wildman–Crippen MR) is 93.9 cm³/mol. The molecule has 0 radical (unpaired) electrons. The molecule has 0 spiro atoms. The number of benzene rings is 2. The van der Waals surface area contributed by atoms with E-state index < -0.39 is 5.97 Å². The van der Waals surface area contributed by atoms with E-state index >= 15 is 0 Å². The van der Waals surface area contributed by atoms with Gasteiger partial charge in [0.05, 0.1) is 12.1 Å². The lowest BCUT2D eigenvalue weighted by Crippen LogP contribution is -2.01. The van der Waals surface area contributed by atoms with Gasteiger partial charge in [-0.15, -0.1) is 0 Å². The highest BCUT2D eigenvalue weighted by molar-refractivity contribution is 5.94. The Labute approximate surface area is 136 Å². The summed E-state index contributed by atoms with van der Waals surface area (Å²) >= 11 is 0. The molecule has 3 rings (SSSR count). The standard InChI is InChI=1S/C20H21NO2/c1-12(2)14-8-9-18-16(10-14)17(11-19(22)23)20(21-18)15-7-5-4-6-13(15)3/h4-10,12,21H,11H2,1-3H3,(H,22,23). The maximum atomic E-state index is 11.4. The van der Waals surface area contributed by atoms with Gasteiger partial charge < -0.3 is 10.1 Å². The topological polar surface area (TPSA) is 53.1 Å². The second-order valence-corrected chi connectivity index (χ2v) is 6.32. The van der Waals surface area contributed by atoms with Crippen molar-refractivity contribution >= 4 is 16.9 Å². The SMILES string of the molecule is Cc1ccccc1-c1[nH]c2ccc(C(C)C)cc2c1CC(=O)O. The smallest absolute Gasteiger partial charge is 0.307 e. The average molecular weight is 307 g/mol. The number of nitrogens with one attached hydrogen (secondary N) is 1. The Hall–Kier alpha value is -2.55. The number of aromatic amines is 1. The van der Waals surface area contributed by atoms with E-state index in [-0.39, 0.29) is 6.42 Å². The molecule has 0 aliphatic heterocycles. The predicted octanol–water partition coefficient (Wildman–Crippen LogP) is 4.89. The molecule has 0 atom stereocenters. The molecule has 0 bridgehead atoms. The van der Waals surface area contributed by atoms with Crippen LogP contribution in [0.4, 0.5) is 0 Å². The van der Waals surface area contributed by atoms with Crippen molar-refractivity contribution < 1.29 is 9.90 Å². The summed E-state index contributed by atoms with van der Waals surface area (Å²) in [6.07, 6.45) is 0.0191. The fourth-order valence-electron chi connectivity index (χ4n) is 3.04. The Morgan fingerprint density at radius 3 is 2.57 bits per heavy atom. The van der Waals surface area contributed by atoms with Crippen molar-refractivity contribution in [3.8, 4) is 11.3 Å². The van der Waals surface area contributed by atoms with Crippen LogP contribution in [0.1, 0.15) is 36.5 Å². The Balaban J connectivity index is 2.29. The normalized spacial score (nSPS) is 11.3. The van der Waals surface area contributed by atoms with Crippen LogP contribution in [-0.2, 0) is 11.2 Å². The number of hydrogen-bond donors (Lipinski definition) is 2. The summed E-state index contributed by atoms with van der Waals surface area (Å²) < 4.78 is 0. The van der Waals surface area contributed by atoms with E-state index in [9.17, 15) is 9.90 Å². The molecule has 0 unspecified atom stereocenters. The van der Waals surface area contributed by atoms with E-state index in [2.05, 4.69) is 37.0 Å². The highest BCUT2D eigenvalue weighted by atomic mass is 16.4. The minimum atomic E-state index is -0.810. The molecule has 0 saturated heterocycles. The molecule has 1 heterocycles. The average Bonchev–Trinajstić information content (AvgIpc) is 2.85. The van der Waals surface area contributed by atoms with Gasteiger partial charge in [-0.2, -0.15) is 0 Å². The lowest BCUT2D eigenvalue weighted by Gasteiger charge is -2.07. The first-order valence-corrected chi connectivity index (χ1v) is 7.89. The van der Waals surface area contributed by atoms with Crippen LogP contribution in [0.2, 0.25) is 0 Å². The highest BCUT2D eigenvalue weighted by Gasteiger charge is 2.17. The van der Waals surface area contributed by atoms with Crippen molar-refractivity contribution in [2.24, 2.45) is 0 Å². The molecule has 0 amide bonds. The number of carboxylic acids is 1. The summed E-state index contributed by atoms with van der Waals surface area (Å²) in [4.78, 5) is 14.8. The Kier molecular flexibility index (Phi) is 3.95. The van der Waals surface area contributed by atoms with Gasteiger partial charge in [-0.25, -0.2) is 0 Å². The molecule has 3 nitrogen and oxygen atoms in total. The van der Waals surface area contributed by atoms with Gasteiger partial charge in [-0.3, -0.25) is 4.79 Å². The first kappa shape index (κ1) is 15.3. The number of aromatic nitrogens is 1. The summed E-state index contributed by atoms with van der Waals surface area (Å²) in [6.45, 7) is 6.34. The summed E-state index contributed by atoms with van der Waals surface area (Å²) in [5.74, 6) is -0.399. The van der Waals surface area contributed by atoms with Crippen molar-refractivity contribution in [3.63, 3.8) is 0 Å². The Morgan fingerprint density at radius 1 is 1.17 bits per heavy atom. The van der Waals surface area contributed by atoms with Gasteiger partial charge in [-0.05, 0) is 41.7 Å². The zero-order valence-corrected chi connectivity index (χ0v) is 13.7. The third-order valence-electron chi connectivity index (χ3n) is 4.34. The third-order valence-corrected chi connectivity index (χ3v) is 4.34. The van der Waals surface area contributed by atoms with E-state index in [0.29, 0.717) is 5.92 Å². The summed E-state index contributed by atoms with van der Waals surface area (Å²) in [7, 11) is 0. The van der Waals surface area contributed by atoms with E-state index in [4.69, 9.17) is 0 Å². The number of H-pyrrole nitrogens is 1. The van der Waals surface area contributed by atoms with Crippen LogP contribution in [0.25, 0.3) is 22.2 Å². The van der Waals surface area contributed by atoms with Crippen molar-refractivity contribution in [3.05, 3.63) is 59.2 Å². The van der Waals surface area contributed by atoms with Crippen molar-refractivity contribution in [1.82, 2.24) is 4.98 Å². The van der Waals surface area contributed by atoms with Crippen LogP contribution in [-0.4, -0.2) is 16.1 Å². The first-order valence-electron chi connectivity index (χ1n) is 7.89. The lowest BCUT2D eigenvalue weighted by molar-refractivity contribution is -0.136. The third kappa shape index (κ3) is 2.87. The Bertz CT molecular complexity index is 874. The zero-order valence-electron chi connectivity index (χ0n) is 13.7. The van der Waals surface area contributed by atoms with Gasteiger partial charge in [0.15, 0.2) is 0 Å². The van der Waals surface area contributed by atoms with Crippen LogP contribution < -0.4 is 0 Å². The summed E-state index contributed by atoms with van der Waals surface area (Å²) in [6, 6.07) is 14.3. The molecule has 3 aromatic rings. The maximum Gasteiger partial charge on any atom is 0.307 e. The van der Waals surface area contributed by atoms with Gasteiger partial charge >= 0.3 is 5.97 Å². The molecular weight excluding hydrogens is 286 g/mol. The number of fused-ring (bicyclic) bond motifs is 1. The molecule has 3 heteroatoms. The molecule has 1 aromatic heterocycles. The quantitative estimate of drug-likeness (QED) is 0.720. The molecular formula is C20H21NO2. The molecule has 0 fully saturated rings. The van der Waals surface area contributed by atoms with Crippen LogP contribution >= 0.6 is 0 Å². The van der Waals surface area contributed by atoms with Crippen LogP contribution in [0.3, 0.4) is 0 Å². The van der Waals surface area contributed by atoms with Gasteiger partial charge in [0.25, 0.3) is 0 Å². The largest absolute Gasteiger partial charge is 0.481 e. The van der Waals surface area contributed by atoms with Gasteiger partial charge in [0.1, 0.15) is 0 Å². The lowest BCUT2D eigenvalue weighted by atomic mass is 9.96. The number of aryl methyl sites for hydroxylation is 1. The molecule has 2 N–H and O–H groups in total. The molecule has 23 heavy (non-hydrogen) atoms. The number of rotatable bonds is 4. The fraction of sp³-hybridized carbons (Fsp3) is 0.250. The zero-order chi connectivity index (χ0) is 16.6. The van der Waals surface area contributed by atoms with Crippen LogP contribution in [0.15, 0.2) is 42.5 Å². The molecule has 0 aliphatic rings. The maximum absolute atomic E-state index is 11.4. The van der Waals surface area contributed by atoms with E-state index in [0.717, 1.165) is 33.3 Å². The van der Waals surface area contributed by atoms with E-state index in [1.807, 2.05) is 31.2 Å². The minimum absolute atomic E-state index is 0.0191. The van der Waals surface area contributed by atoms with Crippen LogP contribution in [0, 0.1) is 6.92 Å². The van der Waals surface area contributed by atoms with Gasteiger partial charge in [0, 0.05) is 16.5 Å². The van der Waals surface area contributed by atoms with Crippen molar-refractivity contribution in [2.45, 2.75) is 33.1 Å². The van der Waals surface area contributed by atoms with Gasteiger partial charge in [0.2, 0.25) is 0 Å². The van der Waals surface area contributed by atoms with E-state index in [1.165, 1.54) is 5.56 Å². The second-order valence-electron chi connectivity index (χ2n) is 6.32. The van der Waals surface area contributed by atoms with Crippen molar-refractivity contribution in [2.75, 3.05) is 0 Å². The van der Waals surface area contributed by atoms with Crippen LogP contribution in [0.5, 0.6) is 0 Å². The van der Waals surface area contributed by atoms with Crippen molar-refractivity contribution in [1.29, 1.82) is 0 Å². The molecule has 2 aromatic carbocycles. The molecule has 0 aliphatic carbocycles. The summed E-state index contributed by atoms with van der Waals surface area (Å²) in [5.41, 5.74) is 6.19. The second kappa shape index (κ2) is 5.92. The number of carboxylic acid groups (broad SMARTS) is 1. The summed E-state index contributed by atoms with van der Waals surface area (Å²) in [5, 5.41) is 10.4. The van der Waals surface area contributed by atoms with Gasteiger partial charge in [-0.1, -0.05) is 44.2 Å². The number of hydrogen-bond acceptors (Lipinski definition) is 1. The monoisotopic (exact) mass is 307 g/mol. The number of carbonyl (C=O) groups is 1. The minimum Gasteiger partial charge on any atom is -0.481 e.